The minimum Gasteiger partial charge on any atom is -0.493 e. The normalized spacial score (nSPS) is 10.8. The summed E-state index contributed by atoms with van der Waals surface area (Å²) in [4.78, 5) is 12.5. The number of carbonyl (C=O) groups is 1. The minimum absolute atomic E-state index is 0.0483. The predicted octanol–water partition coefficient (Wildman–Crippen LogP) is 3.99. The third-order valence-corrected chi connectivity index (χ3v) is 5.02. The molecule has 2 heterocycles. The zero-order valence-corrected chi connectivity index (χ0v) is 19.0. The van der Waals surface area contributed by atoms with E-state index < -0.39 is 41.3 Å². The van der Waals surface area contributed by atoms with Crippen LogP contribution in [0.1, 0.15) is 16.1 Å². The van der Waals surface area contributed by atoms with Crippen LogP contribution >= 0.6 is 0 Å². The average molecular weight is 505 g/mol. The van der Waals surface area contributed by atoms with Gasteiger partial charge in [-0.05, 0) is 18.2 Å². The van der Waals surface area contributed by atoms with Gasteiger partial charge in [0, 0.05) is 24.0 Å². The van der Waals surface area contributed by atoms with Crippen molar-refractivity contribution in [1.29, 1.82) is 0 Å². The molecular formula is C23H19F4N5O4. The van der Waals surface area contributed by atoms with E-state index in [9.17, 15) is 22.4 Å². The van der Waals surface area contributed by atoms with Crippen LogP contribution < -0.4 is 19.5 Å². The molecule has 4 rings (SSSR count). The highest BCUT2D eigenvalue weighted by molar-refractivity contribution is 6.02. The topological polar surface area (TPSA) is 92.4 Å². The van der Waals surface area contributed by atoms with Gasteiger partial charge in [0.15, 0.2) is 41.4 Å². The summed E-state index contributed by atoms with van der Waals surface area (Å²) in [6.45, 7) is -0.573. The van der Waals surface area contributed by atoms with Crippen molar-refractivity contribution in [2.24, 2.45) is 0 Å². The number of benzene rings is 2. The van der Waals surface area contributed by atoms with Crippen LogP contribution in [-0.4, -0.2) is 39.7 Å². The van der Waals surface area contributed by atoms with Gasteiger partial charge in [-0.3, -0.25) is 9.48 Å². The molecule has 0 saturated heterocycles. The Bertz CT molecular complexity index is 1380. The van der Waals surface area contributed by atoms with Crippen molar-refractivity contribution in [3.05, 3.63) is 83.4 Å². The highest BCUT2D eigenvalue weighted by atomic mass is 19.2. The van der Waals surface area contributed by atoms with Crippen molar-refractivity contribution in [2.45, 2.75) is 13.3 Å². The molecule has 0 spiro atoms. The van der Waals surface area contributed by atoms with Crippen molar-refractivity contribution in [3.63, 3.8) is 0 Å². The molecule has 9 nitrogen and oxygen atoms in total. The largest absolute Gasteiger partial charge is 0.493 e. The van der Waals surface area contributed by atoms with E-state index in [2.05, 4.69) is 15.5 Å². The maximum absolute atomic E-state index is 13.9. The van der Waals surface area contributed by atoms with Crippen LogP contribution in [0.15, 0.2) is 48.9 Å². The summed E-state index contributed by atoms with van der Waals surface area (Å²) in [6, 6.07) is 6.86. The van der Waals surface area contributed by atoms with Crippen LogP contribution in [0, 0.1) is 23.3 Å². The molecule has 36 heavy (non-hydrogen) atoms. The van der Waals surface area contributed by atoms with Gasteiger partial charge in [-0.25, -0.2) is 22.2 Å². The first-order chi connectivity index (χ1) is 17.3. The van der Waals surface area contributed by atoms with Gasteiger partial charge in [-0.15, -0.1) is 0 Å². The molecule has 0 aliphatic carbocycles. The Morgan fingerprint density at radius 2 is 1.72 bits per heavy atom. The van der Waals surface area contributed by atoms with Gasteiger partial charge in [0.2, 0.25) is 5.75 Å². The first-order valence-corrected chi connectivity index (χ1v) is 10.3. The van der Waals surface area contributed by atoms with Crippen LogP contribution in [0.25, 0.3) is 0 Å². The summed E-state index contributed by atoms with van der Waals surface area (Å²) in [7, 11) is 2.98. The lowest BCUT2D eigenvalue weighted by atomic mass is 10.2. The number of nitrogens with zero attached hydrogens (tertiary/aromatic N) is 4. The number of nitrogens with one attached hydrogen (secondary N) is 1. The van der Waals surface area contributed by atoms with Gasteiger partial charge in [-0.1, -0.05) is 6.07 Å². The molecule has 1 N–H and O–H groups in total. The van der Waals surface area contributed by atoms with E-state index in [4.69, 9.17) is 14.2 Å². The van der Waals surface area contributed by atoms with Crippen molar-refractivity contribution >= 4 is 11.6 Å². The standard InChI is InChI=1S/C23H19F4N5O4/c1-34-18-4-3-5-19(35-2)22(18)36-12-31-7-6-17(30-31)23(33)29-13-9-28-32(10-13)11-14-15(24)8-16(25)21(27)20(14)26/h3-10H,11-12H2,1-2H3,(H,29,33). The lowest BCUT2D eigenvalue weighted by molar-refractivity contribution is 0.102. The van der Waals surface area contributed by atoms with E-state index in [0.29, 0.717) is 17.2 Å². The maximum Gasteiger partial charge on any atom is 0.276 e. The summed E-state index contributed by atoms with van der Waals surface area (Å²) in [5.41, 5.74) is -0.468. The second kappa shape index (κ2) is 10.4. The monoisotopic (exact) mass is 505 g/mol. The SMILES string of the molecule is COc1cccc(OC)c1OCn1ccc(C(=O)Nc2cnn(Cc3c(F)cc(F)c(F)c3F)c2)n1. The third-order valence-electron chi connectivity index (χ3n) is 5.02. The number of carbonyl (C=O) groups excluding carboxylic acids is 1. The molecule has 13 heteroatoms. The highest BCUT2D eigenvalue weighted by Crippen LogP contribution is 2.36. The van der Waals surface area contributed by atoms with Crippen LogP contribution in [0.2, 0.25) is 0 Å². The minimum atomic E-state index is -1.78. The second-order valence-electron chi connectivity index (χ2n) is 7.33. The van der Waals surface area contributed by atoms with E-state index in [1.54, 1.807) is 18.2 Å². The molecule has 188 valence electrons. The molecule has 0 fully saturated rings. The number of aromatic nitrogens is 4. The number of methoxy groups -OCH3 is 2. The van der Waals surface area contributed by atoms with Crippen LogP contribution in [-0.2, 0) is 13.3 Å². The molecule has 0 atom stereocenters. The molecular weight excluding hydrogens is 486 g/mol. The van der Waals surface area contributed by atoms with E-state index >= 15 is 0 Å². The van der Waals surface area contributed by atoms with Gasteiger partial charge in [0.25, 0.3) is 5.91 Å². The molecule has 0 aliphatic rings. The fourth-order valence-corrected chi connectivity index (χ4v) is 3.27. The summed E-state index contributed by atoms with van der Waals surface area (Å²) in [5.74, 6) is -5.62. The molecule has 2 aromatic heterocycles. The zero-order valence-electron chi connectivity index (χ0n) is 19.0. The zero-order chi connectivity index (χ0) is 25.8. The van der Waals surface area contributed by atoms with E-state index in [1.165, 1.54) is 43.6 Å². The lowest BCUT2D eigenvalue weighted by Crippen LogP contribution is -2.14. The molecule has 0 bridgehead atoms. The van der Waals surface area contributed by atoms with Gasteiger partial charge >= 0.3 is 0 Å². The van der Waals surface area contributed by atoms with E-state index in [1.807, 2.05) is 0 Å². The third kappa shape index (κ3) is 5.09. The fraction of sp³-hybridized carbons (Fsp3) is 0.174. The number of amides is 1. The summed E-state index contributed by atoms with van der Waals surface area (Å²) in [5, 5.41) is 10.6. The summed E-state index contributed by atoms with van der Waals surface area (Å²) >= 11 is 0. The van der Waals surface area contributed by atoms with Crippen molar-refractivity contribution in [3.8, 4) is 17.2 Å². The summed E-state index contributed by atoms with van der Waals surface area (Å²) in [6.07, 6.45) is 4.02. The first-order valence-electron chi connectivity index (χ1n) is 10.3. The molecule has 4 aromatic rings. The molecule has 0 unspecified atom stereocenters. The number of rotatable bonds is 9. The molecule has 0 aliphatic heterocycles. The average Bonchev–Trinajstić information content (AvgIpc) is 3.53. The Kier molecular flexibility index (Phi) is 7.08. The van der Waals surface area contributed by atoms with Crippen LogP contribution in [0.3, 0.4) is 0 Å². The second-order valence-corrected chi connectivity index (χ2v) is 7.33. The molecule has 0 saturated carbocycles. The Labute approximate surface area is 201 Å². The fourth-order valence-electron chi connectivity index (χ4n) is 3.27. The van der Waals surface area contributed by atoms with Crippen molar-refractivity contribution in [2.75, 3.05) is 19.5 Å². The van der Waals surface area contributed by atoms with Crippen LogP contribution in [0.4, 0.5) is 23.2 Å². The van der Waals surface area contributed by atoms with Gasteiger partial charge in [-0.2, -0.15) is 10.2 Å². The molecule has 2 aromatic carbocycles. The summed E-state index contributed by atoms with van der Waals surface area (Å²) < 4.78 is 73.0. The van der Waals surface area contributed by atoms with Gasteiger partial charge < -0.3 is 19.5 Å². The van der Waals surface area contributed by atoms with Gasteiger partial charge in [0.05, 0.1) is 32.6 Å². The number of hydrogen-bond acceptors (Lipinski definition) is 6. The number of ether oxygens (including phenoxy) is 3. The quantitative estimate of drug-likeness (QED) is 0.210. The molecule has 1 amide bonds. The molecule has 0 radical (unpaired) electrons. The Morgan fingerprint density at radius 3 is 2.42 bits per heavy atom. The Hall–Kier alpha value is -4.55. The highest BCUT2D eigenvalue weighted by Gasteiger charge is 2.20. The number of hydrogen-bond donors (Lipinski definition) is 1. The van der Waals surface area contributed by atoms with Crippen molar-refractivity contribution in [1.82, 2.24) is 19.6 Å². The Morgan fingerprint density at radius 1 is 1.00 bits per heavy atom. The Balaban J connectivity index is 1.40. The van der Waals surface area contributed by atoms with E-state index in [-0.39, 0.29) is 24.2 Å². The van der Waals surface area contributed by atoms with Crippen molar-refractivity contribution < 1.29 is 36.6 Å². The number of halogens is 4. The number of anilines is 1. The predicted molar refractivity (Wildman–Crippen MR) is 118 cm³/mol. The number of para-hydroxylation sites is 1. The first kappa shape index (κ1) is 24.6. The van der Waals surface area contributed by atoms with E-state index in [0.717, 1.165) is 4.68 Å². The smallest absolute Gasteiger partial charge is 0.276 e. The van der Waals surface area contributed by atoms with Gasteiger partial charge in [0.1, 0.15) is 5.82 Å². The maximum atomic E-state index is 13.9. The van der Waals surface area contributed by atoms with Crippen LogP contribution in [0.5, 0.6) is 17.2 Å². The lowest BCUT2D eigenvalue weighted by Gasteiger charge is -2.13.